The van der Waals surface area contributed by atoms with Crippen LogP contribution in [0.5, 0.6) is 0 Å². The van der Waals surface area contributed by atoms with Crippen molar-refractivity contribution < 1.29 is 4.79 Å². The molecular weight excluding hydrogens is 490 g/mol. The Morgan fingerprint density at radius 3 is 2.65 bits per heavy atom. The van der Waals surface area contributed by atoms with E-state index < -0.39 is 0 Å². The van der Waals surface area contributed by atoms with Crippen molar-refractivity contribution in [1.29, 1.82) is 0 Å². The monoisotopic (exact) mass is 513 g/mol. The van der Waals surface area contributed by atoms with Gasteiger partial charge in [-0.3, -0.25) is 4.79 Å². The van der Waals surface area contributed by atoms with E-state index in [1.807, 2.05) is 36.1 Å². The highest BCUT2D eigenvalue weighted by Crippen LogP contribution is 2.44. The van der Waals surface area contributed by atoms with E-state index in [-0.39, 0.29) is 11.3 Å². The quantitative estimate of drug-likeness (QED) is 0.379. The van der Waals surface area contributed by atoms with Gasteiger partial charge in [-0.05, 0) is 58.5 Å². The Labute approximate surface area is 206 Å². The largest absolute Gasteiger partial charge is 0.339 e. The molecule has 0 bridgehead atoms. The molecule has 7 heteroatoms. The molecule has 2 aromatic heterocycles. The Morgan fingerprint density at radius 2 is 1.82 bits per heavy atom. The number of aryl methyl sites for hydroxylation is 1. The van der Waals surface area contributed by atoms with E-state index in [0.717, 1.165) is 28.6 Å². The molecule has 2 aliphatic rings. The third-order valence-corrected chi connectivity index (χ3v) is 7.69. The van der Waals surface area contributed by atoms with Crippen molar-refractivity contribution in [1.82, 2.24) is 19.5 Å². The Hall–Kier alpha value is -3.45. The van der Waals surface area contributed by atoms with Crippen LogP contribution in [0.15, 0.2) is 71.5 Å². The number of nitrogens with zero attached hydrogens (tertiary/aromatic N) is 4. The molecule has 6 rings (SSSR count). The summed E-state index contributed by atoms with van der Waals surface area (Å²) in [7, 11) is 0. The van der Waals surface area contributed by atoms with Gasteiger partial charge in [-0.25, -0.2) is 4.98 Å². The van der Waals surface area contributed by atoms with Gasteiger partial charge < -0.3 is 10.2 Å². The highest BCUT2D eigenvalue weighted by molar-refractivity contribution is 9.10. The summed E-state index contributed by atoms with van der Waals surface area (Å²) in [6.45, 7) is 3.43. The minimum atomic E-state index is -0.0257. The number of para-hydroxylation sites is 1. The van der Waals surface area contributed by atoms with Gasteiger partial charge in [-0.15, -0.1) is 0 Å². The molecule has 0 saturated carbocycles. The number of benzene rings is 2. The van der Waals surface area contributed by atoms with Crippen LogP contribution in [0.2, 0.25) is 0 Å². The topological polar surface area (TPSA) is 62.5 Å². The molecule has 2 aromatic carbocycles. The van der Waals surface area contributed by atoms with Gasteiger partial charge in [0.2, 0.25) is 0 Å². The third kappa shape index (κ3) is 3.34. The molecule has 3 heterocycles. The first-order chi connectivity index (χ1) is 16.6. The lowest BCUT2D eigenvalue weighted by Gasteiger charge is -2.39. The standard InChI is InChI=1S/C27H24BrN5O/c1-18-6-2-5-9-23(18)31-24-20(16-29-25-22(28)17-30-33(24)25)26(34)32-14-12-27(13-15-32)11-10-19-7-3-4-8-21(19)27/h2-11,16-17,31H,12-15H2,1H3. The minimum Gasteiger partial charge on any atom is -0.339 e. The third-order valence-electron chi connectivity index (χ3n) is 7.13. The number of fused-ring (bicyclic) bond motifs is 3. The maximum atomic E-state index is 13.8. The fraction of sp³-hybridized carbons (Fsp3) is 0.222. The van der Waals surface area contributed by atoms with Crippen LogP contribution in [0.3, 0.4) is 0 Å². The Balaban J connectivity index is 1.32. The van der Waals surface area contributed by atoms with E-state index in [2.05, 4.69) is 67.7 Å². The highest BCUT2D eigenvalue weighted by Gasteiger charge is 2.39. The number of halogens is 1. The van der Waals surface area contributed by atoms with Gasteiger partial charge >= 0.3 is 0 Å². The van der Waals surface area contributed by atoms with Crippen LogP contribution in [0, 0.1) is 6.92 Å². The van der Waals surface area contributed by atoms with E-state index in [9.17, 15) is 4.79 Å². The van der Waals surface area contributed by atoms with Crippen LogP contribution in [0.25, 0.3) is 11.7 Å². The number of likely N-dealkylation sites (tertiary alicyclic amines) is 1. The zero-order valence-corrected chi connectivity index (χ0v) is 20.4. The second kappa shape index (κ2) is 8.09. The number of rotatable bonds is 3. The van der Waals surface area contributed by atoms with Gasteiger partial charge in [0.25, 0.3) is 5.91 Å². The Morgan fingerprint density at radius 1 is 1.06 bits per heavy atom. The number of carbonyl (C=O) groups is 1. The zero-order valence-electron chi connectivity index (χ0n) is 18.8. The number of anilines is 2. The van der Waals surface area contributed by atoms with Crippen LogP contribution in [0.4, 0.5) is 11.5 Å². The van der Waals surface area contributed by atoms with Crippen LogP contribution in [-0.4, -0.2) is 38.5 Å². The zero-order chi connectivity index (χ0) is 23.3. The average molecular weight is 514 g/mol. The first kappa shape index (κ1) is 21.1. The molecule has 34 heavy (non-hydrogen) atoms. The average Bonchev–Trinajstić information content (AvgIpc) is 3.42. The maximum absolute atomic E-state index is 13.8. The number of hydrogen-bond donors (Lipinski definition) is 1. The molecule has 1 spiro atoms. The molecule has 0 unspecified atom stereocenters. The minimum absolute atomic E-state index is 0.0257. The molecule has 6 nitrogen and oxygen atoms in total. The maximum Gasteiger partial charge on any atom is 0.259 e. The SMILES string of the molecule is Cc1ccccc1Nc1c(C(=O)N2CCC3(C=Cc4ccccc43)CC2)cnc2c(Br)cnn12. The number of hydrogen-bond acceptors (Lipinski definition) is 4. The molecule has 0 atom stereocenters. The molecule has 1 aliphatic heterocycles. The van der Waals surface area contributed by atoms with E-state index in [1.165, 1.54) is 11.1 Å². The van der Waals surface area contributed by atoms with Gasteiger partial charge in [0.15, 0.2) is 5.65 Å². The Bertz CT molecular complexity index is 1450. The number of aromatic nitrogens is 3. The second-order valence-electron chi connectivity index (χ2n) is 9.06. The molecule has 0 radical (unpaired) electrons. The van der Waals surface area contributed by atoms with Crippen molar-refractivity contribution in [3.63, 3.8) is 0 Å². The van der Waals surface area contributed by atoms with Crippen molar-refractivity contribution in [3.8, 4) is 0 Å². The Kier molecular flexibility index (Phi) is 5.03. The van der Waals surface area contributed by atoms with Crippen molar-refractivity contribution >= 4 is 45.1 Å². The predicted molar refractivity (Wildman–Crippen MR) is 137 cm³/mol. The summed E-state index contributed by atoms with van der Waals surface area (Å²) in [6.07, 6.45) is 9.75. The van der Waals surface area contributed by atoms with E-state index in [0.29, 0.717) is 30.1 Å². The van der Waals surface area contributed by atoms with Crippen molar-refractivity contribution in [3.05, 3.63) is 93.7 Å². The summed E-state index contributed by atoms with van der Waals surface area (Å²) >= 11 is 3.51. The van der Waals surface area contributed by atoms with E-state index in [1.54, 1.807) is 16.9 Å². The van der Waals surface area contributed by atoms with E-state index >= 15 is 0 Å². The number of nitrogens with one attached hydrogen (secondary N) is 1. The molecule has 1 saturated heterocycles. The second-order valence-corrected chi connectivity index (χ2v) is 9.91. The summed E-state index contributed by atoms with van der Waals surface area (Å²) in [5, 5.41) is 7.94. The van der Waals surface area contributed by atoms with Gasteiger partial charge in [-0.2, -0.15) is 9.61 Å². The van der Waals surface area contributed by atoms with Gasteiger partial charge in [0.05, 0.1) is 10.7 Å². The van der Waals surface area contributed by atoms with Crippen LogP contribution in [-0.2, 0) is 5.41 Å². The molecule has 1 amide bonds. The van der Waals surface area contributed by atoms with Crippen LogP contribution >= 0.6 is 15.9 Å². The fourth-order valence-corrected chi connectivity index (χ4v) is 5.53. The number of piperidine rings is 1. The van der Waals surface area contributed by atoms with Gasteiger partial charge in [-0.1, -0.05) is 54.6 Å². The molecule has 170 valence electrons. The summed E-state index contributed by atoms with van der Waals surface area (Å²) in [6, 6.07) is 16.6. The summed E-state index contributed by atoms with van der Waals surface area (Å²) in [5.41, 5.74) is 5.91. The molecule has 1 N–H and O–H groups in total. The smallest absolute Gasteiger partial charge is 0.259 e. The summed E-state index contributed by atoms with van der Waals surface area (Å²) in [5.74, 6) is 0.601. The highest BCUT2D eigenvalue weighted by atomic mass is 79.9. The summed E-state index contributed by atoms with van der Waals surface area (Å²) < 4.78 is 2.48. The lowest BCUT2D eigenvalue weighted by atomic mass is 9.74. The number of amides is 1. The van der Waals surface area contributed by atoms with Crippen LogP contribution in [0.1, 0.15) is 39.9 Å². The fourth-order valence-electron chi connectivity index (χ4n) is 5.17. The number of allylic oxidation sites excluding steroid dienone is 1. The van der Waals surface area contributed by atoms with Gasteiger partial charge in [0, 0.05) is 30.4 Å². The lowest BCUT2D eigenvalue weighted by Crippen LogP contribution is -2.44. The molecular formula is C27H24BrN5O. The first-order valence-corrected chi connectivity index (χ1v) is 12.3. The lowest BCUT2D eigenvalue weighted by molar-refractivity contribution is 0.0690. The van der Waals surface area contributed by atoms with Crippen molar-refractivity contribution in [2.45, 2.75) is 25.2 Å². The predicted octanol–water partition coefficient (Wildman–Crippen LogP) is 5.74. The summed E-state index contributed by atoms with van der Waals surface area (Å²) in [4.78, 5) is 20.3. The molecule has 1 aliphatic carbocycles. The van der Waals surface area contributed by atoms with Crippen LogP contribution < -0.4 is 5.32 Å². The molecule has 4 aromatic rings. The van der Waals surface area contributed by atoms with Crippen molar-refractivity contribution in [2.24, 2.45) is 0 Å². The first-order valence-electron chi connectivity index (χ1n) is 11.5. The van der Waals surface area contributed by atoms with E-state index in [4.69, 9.17) is 0 Å². The normalized spacial score (nSPS) is 16.2. The molecule has 1 fully saturated rings. The van der Waals surface area contributed by atoms with Gasteiger partial charge in [0.1, 0.15) is 11.4 Å². The van der Waals surface area contributed by atoms with Crippen molar-refractivity contribution in [2.75, 3.05) is 18.4 Å². The number of carbonyl (C=O) groups excluding carboxylic acids is 1.